The van der Waals surface area contributed by atoms with Gasteiger partial charge >= 0.3 is 12.1 Å². The highest BCUT2D eigenvalue weighted by Gasteiger charge is 2.38. The molecular formula is C28H33F4N5O3. The lowest BCUT2D eigenvalue weighted by Crippen LogP contribution is -2.40. The van der Waals surface area contributed by atoms with E-state index in [1.165, 1.54) is 17.7 Å². The molecule has 1 amide bonds. The van der Waals surface area contributed by atoms with E-state index in [9.17, 15) is 22.4 Å². The second-order valence-corrected chi connectivity index (χ2v) is 9.36. The molecule has 2 aromatic carbocycles. The highest BCUT2D eigenvalue weighted by molar-refractivity contribution is 5.84. The molecule has 40 heavy (non-hydrogen) atoms. The maximum absolute atomic E-state index is 13.4. The first-order chi connectivity index (χ1) is 18.8. The van der Waals surface area contributed by atoms with Gasteiger partial charge in [0.05, 0.1) is 0 Å². The van der Waals surface area contributed by atoms with Gasteiger partial charge in [-0.2, -0.15) is 18.2 Å². The zero-order valence-electron chi connectivity index (χ0n) is 22.4. The molecule has 12 heteroatoms. The molecule has 8 nitrogen and oxygen atoms in total. The van der Waals surface area contributed by atoms with Crippen molar-refractivity contribution in [2.45, 2.75) is 52.4 Å². The largest absolute Gasteiger partial charge is 0.490 e. The molecule has 0 bridgehead atoms. The van der Waals surface area contributed by atoms with E-state index in [1.807, 2.05) is 31.2 Å². The van der Waals surface area contributed by atoms with Crippen molar-refractivity contribution in [1.29, 1.82) is 0 Å². The number of alkyl halides is 3. The molecule has 4 N–H and O–H groups in total. The van der Waals surface area contributed by atoms with E-state index in [-0.39, 0.29) is 18.3 Å². The van der Waals surface area contributed by atoms with Crippen LogP contribution in [0, 0.1) is 18.7 Å². The van der Waals surface area contributed by atoms with Crippen LogP contribution < -0.4 is 16.0 Å². The zero-order chi connectivity index (χ0) is 29.7. The van der Waals surface area contributed by atoms with Gasteiger partial charge in [-0.05, 0) is 48.9 Å². The van der Waals surface area contributed by atoms with Crippen LogP contribution in [0.3, 0.4) is 0 Å². The number of carbonyl (C=O) groups excluding carboxylic acids is 1. The van der Waals surface area contributed by atoms with Crippen LogP contribution in [0.15, 0.2) is 60.7 Å². The topological polar surface area (TPSA) is 116 Å². The number of carboxylic acids is 1. The minimum Gasteiger partial charge on any atom is -0.475 e. The standard InChI is InChI=1S/C26H32FN5O.C2HF3O2/c1-18(2)14-23(25(33)29-17-21-10-7-11-22(27)16-21)31-24-15-19(3)30-26(32-24)28-13-12-20-8-5-4-6-9-20;3-2(4,5)1(6)7/h4-11,15-16,18,23H,12-14,17H2,1-3H3,(H,29,33)(H2,28,30,31,32);(H,6,7)/t23-;/m0./s1. The van der Waals surface area contributed by atoms with E-state index < -0.39 is 18.2 Å². The summed E-state index contributed by atoms with van der Waals surface area (Å²) < 4.78 is 45.2. The Morgan fingerprint density at radius 2 is 1.62 bits per heavy atom. The number of halogens is 4. The van der Waals surface area contributed by atoms with Crippen molar-refractivity contribution in [1.82, 2.24) is 15.3 Å². The second kappa shape index (κ2) is 15.4. The lowest BCUT2D eigenvalue weighted by Gasteiger charge is -2.21. The maximum atomic E-state index is 13.4. The zero-order valence-corrected chi connectivity index (χ0v) is 22.4. The number of aliphatic carboxylic acids is 1. The number of carboxylic acid groups (broad SMARTS) is 1. The predicted molar refractivity (Wildman–Crippen MR) is 144 cm³/mol. The van der Waals surface area contributed by atoms with Crippen LogP contribution in [-0.4, -0.2) is 45.7 Å². The fourth-order valence-electron chi connectivity index (χ4n) is 3.53. The van der Waals surface area contributed by atoms with Crippen molar-refractivity contribution >= 4 is 23.6 Å². The van der Waals surface area contributed by atoms with E-state index in [4.69, 9.17) is 9.90 Å². The molecule has 0 spiro atoms. The summed E-state index contributed by atoms with van der Waals surface area (Å²) >= 11 is 0. The van der Waals surface area contributed by atoms with Crippen LogP contribution in [0.25, 0.3) is 0 Å². The summed E-state index contributed by atoms with van der Waals surface area (Å²) in [5.74, 6) is -1.81. The minimum atomic E-state index is -5.08. The Morgan fingerprint density at radius 3 is 2.23 bits per heavy atom. The van der Waals surface area contributed by atoms with Crippen molar-refractivity contribution in [3.8, 4) is 0 Å². The molecule has 0 unspecified atom stereocenters. The second-order valence-electron chi connectivity index (χ2n) is 9.36. The van der Waals surface area contributed by atoms with Crippen LogP contribution in [0.5, 0.6) is 0 Å². The van der Waals surface area contributed by atoms with Crippen LogP contribution in [-0.2, 0) is 22.6 Å². The number of nitrogens with one attached hydrogen (secondary N) is 3. The fraction of sp³-hybridized carbons (Fsp3) is 0.357. The summed E-state index contributed by atoms with van der Waals surface area (Å²) in [5.41, 5.74) is 2.76. The molecule has 0 fully saturated rings. The molecule has 1 heterocycles. The molecule has 0 saturated heterocycles. The number of amides is 1. The number of benzene rings is 2. The van der Waals surface area contributed by atoms with E-state index in [1.54, 1.807) is 12.1 Å². The van der Waals surface area contributed by atoms with Gasteiger partial charge in [0.1, 0.15) is 17.7 Å². The molecule has 3 aromatic rings. The van der Waals surface area contributed by atoms with Crippen molar-refractivity contribution in [2.75, 3.05) is 17.2 Å². The van der Waals surface area contributed by atoms with Gasteiger partial charge in [-0.3, -0.25) is 4.79 Å². The molecule has 0 aliphatic rings. The van der Waals surface area contributed by atoms with Crippen LogP contribution in [0.2, 0.25) is 0 Å². The number of aryl methyl sites for hydroxylation is 1. The smallest absolute Gasteiger partial charge is 0.475 e. The monoisotopic (exact) mass is 563 g/mol. The van der Waals surface area contributed by atoms with Gasteiger partial charge in [-0.15, -0.1) is 0 Å². The quantitative estimate of drug-likeness (QED) is 0.232. The van der Waals surface area contributed by atoms with Gasteiger partial charge in [-0.25, -0.2) is 14.2 Å². The highest BCUT2D eigenvalue weighted by Crippen LogP contribution is 2.16. The Hall–Kier alpha value is -4.22. The van der Waals surface area contributed by atoms with Crippen molar-refractivity contribution in [2.24, 2.45) is 5.92 Å². The first kappa shape index (κ1) is 32.0. The molecule has 216 valence electrons. The van der Waals surface area contributed by atoms with E-state index in [0.717, 1.165) is 17.7 Å². The molecule has 0 saturated carbocycles. The lowest BCUT2D eigenvalue weighted by atomic mass is 10.0. The van der Waals surface area contributed by atoms with Crippen molar-refractivity contribution in [3.05, 3.63) is 83.3 Å². The molecule has 1 aromatic heterocycles. The molecule has 0 aliphatic carbocycles. The van der Waals surface area contributed by atoms with Gasteiger partial charge in [-0.1, -0.05) is 56.3 Å². The predicted octanol–water partition coefficient (Wildman–Crippen LogP) is 5.36. The third-order valence-corrected chi connectivity index (χ3v) is 5.34. The maximum Gasteiger partial charge on any atom is 0.490 e. The van der Waals surface area contributed by atoms with E-state index in [0.29, 0.717) is 30.6 Å². The van der Waals surface area contributed by atoms with Gasteiger partial charge in [0.2, 0.25) is 11.9 Å². The summed E-state index contributed by atoms with van der Waals surface area (Å²) in [6.07, 6.45) is -3.59. The third kappa shape index (κ3) is 12.1. The Morgan fingerprint density at radius 1 is 0.975 bits per heavy atom. The average molecular weight is 564 g/mol. The van der Waals surface area contributed by atoms with Crippen LogP contribution in [0.1, 0.15) is 37.1 Å². The number of anilines is 2. The number of aromatic nitrogens is 2. The van der Waals surface area contributed by atoms with Gasteiger partial charge in [0, 0.05) is 24.8 Å². The Balaban J connectivity index is 0.000000708. The highest BCUT2D eigenvalue weighted by atomic mass is 19.4. The Bertz CT molecular complexity index is 1240. The molecule has 1 atom stereocenters. The summed E-state index contributed by atoms with van der Waals surface area (Å²) in [7, 11) is 0. The molecule has 3 rings (SSSR count). The van der Waals surface area contributed by atoms with Crippen LogP contribution in [0.4, 0.5) is 29.3 Å². The Labute approximate surface area is 230 Å². The summed E-state index contributed by atoms with van der Waals surface area (Å²) in [6.45, 7) is 7.00. The number of hydrogen-bond donors (Lipinski definition) is 4. The first-order valence-corrected chi connectivity index (χ1v) is 12.6. The van der Waals surface area contributed by atoms with E-state index in [2.05, 4.69) is 51.9 Å². The summed E-state index contributed by atoms with van der Waals surface area (Å²) in [5, 5.41) is 16.6. The third-order valence-electron chi connectivity index (χ3n) is 5.34. The molecular weight excluding hydrogens is 530 g/mol. The van der Waals surface area contributed by atoms with Gasteiger partial charge in [0.15, 0.2) is 0 Å². The molecule has 0 radical (unpaired) electrons. The normalized spacial score (nSPS) is 11.7. The fourth-order valence-corrected chi connectivity index (χ4v) is 3.53. The number of hydrogen-bond acceptors (Lipinski definition) is 6. The van der Waals surface area contributed by atoms with E-state index >= 15 is 0 Å². The van der Waals surface area contributed by atoms with Crippen molar-refractivity contribution in [3.63, 3.8) is 0 Å². The molecule has 0 aliphatic heterocycles. The van der Waals surface area contributed by atoms with Gasteiger partial charge < -0.3 is 21.1 Å². The number of nitrogens with zero attached hydrogens (tertiary/aromatic N) is 2. The number of rotatable bonds is 11. The first-order valence-electron chi connectivity index (χ1n) is 12.6. The number of carbonyl (C=O) groups is 2. The van der Waals surface area contributed by atoms with Crippen LogP contribution >= 0.6 is 0 Å². The van der Waals surface area contributed by atoms with Crippen molar-refractivity contribution < 1.29 is 32.3 Å². The SMILES string of the molecule is Cc1cc(N[C@@H](CC(C)C)C(=O)NCc2cccc(F)c2)nc(NCCc2ccccc2)n1.O=C(O)C(F)(F)F. The summed E-state index contributed by atoms with van der Waals surface area (Å²) in [4.78, 5) is 30.8. The average Bonchev–Trinajstić information content (AvgIpc) is 2.87. The minimum absolute atomic E-state index is 0.150. The Kier molecular flexibility index (Phi) is 12.3. The summed E-state index contributed by atoms with van der Waals surface area (Å²) in [6, 6.07) is 17.8. The van der Waals surface area contributed by atoms with Gasteiger partial charge in [0.25, 0.3) is 0 Å². The lowest BCUT2D eigenvalue weighted by molar-refractivity contribution is -0.192.